The lowest BCUT2D eigenvalue weighted by Gasteiger charge is -2.20. The van der Waals surface area contributed by atoms with Gasteiger partial charge in [0.05, 0.1) is 13.2 Å². The second-order valence-corrected chi connectivity index (χ2v) is 7.65. The quantitative estimate of drug-likeness (QED) is 0.592. The van der Waals surface area contributed by atoms with Crippen LogP contribution in [0.25, 0.3) is 0 Å². The van der Waals surface area contributed by atoms with Crippen LogP contribution in [-0.4, -0.2) is 55.2 Å². The standard InChI is InChI=1S/C10H24NO3PS.C2H6O.H3N/c1-5-11(6-2)9-10-16-15(12,13-7-3)14-8-4;1-2-3;/h5-10H2,1-4H3;3H,2H2,1H3;1H3. The minimum absolute atomic E-state index is 0. The molecule has 0 aromatic carbocycles. The second kappa shape index (κ2) is 17.4. The second-order valence-electron chi connectivity index (χ2n) is 3.46. The molecular weight excluding hydrogens is 299 g/mol. The van der Waals surface area contributed by atoms with Gasteiger partial charge in [0.15, 0.2) is 0 Å². The molecule has 0 aromatic rings. The summed E-state index contributed by atoms with van der Waals surface area (Å²) in [5, 5.41) is 7.57. The van der Waals surface area contributed by atoms with E-state index >= 15 is 0 Å². The average Bonchev–Trinajstić information content (AvgIpc) is 2.36. The number of hydrogen-bond acceptors (Lipinski definition) is 7. The lowest BCUT2D eigenvalue weighted by Crippen LogP contribution is -2.25. The lowest BCUT2D eigenvalue weighted by atomic mass is 10.5. The Hall–Kier alpha value is 0.380. The molecule has 126 valence electrons. The number of rotatable bonds is 10. The molecule has 0 saturated carbocycles. The summed E-state index contributed by atoms with van der Waals surface area (Å²) in [6, 6.07) is 0. The van der Waals surface area contributed by atoms with E-state index in [1.54, 1.807) is 6.92 Å². The zero-order valence-corrected chi connectivity index (χ0v) is 15.3. The zero-order chi connectivity index (χ0) is 15.1. The molecule has 8 heteroatoms. The summed E-state index contributed by atoms with van der Waals surface area (Å²) in [7, 11) is 0. The van der Waals surface area contributed by atoms with E-state index in [2.05, 4.69) is 18.7 Å². The van der Waals surface area contributed by atoms with Gasteiger partial charge in [0.25, 0.3) is 0 Å². The molecule has 0 radical (unpaired) electrons. The topological polar surface area (TPSA) is 94.0 Å². The molecule has 0 amide bonds. The SMILES string of the molecule is CCO.CCOP(=O)(OCC)SCCN(CC)CC.N. The predicted molar refractivity (Wildman–Crippen MR) is 88.9 cm³/mol. The van der Waals surface area contributed by atoms with Crippen LogP contribution in [0.5, 0.6) is 0 Å². The number of hydrogen-bond donors (Lipinski definition) is 2. The van der Waals surface area contributed by atoms with Gasteiger partial charge in [-0.2, -0.15) is 0 Å². The van der Waals surface area contributed by atoms with Crippen molar-refractivity contribution in [1.82, 2.24) is 11.1 Å². The fourth-order valence-electron chi connectivity index (χ4n) is 1.25. The molecule has 0 unspecified atom stereocenters. The minimum Gasteiger partial charge on any atom is -0.397 e. The monoisotopic (exact) mass is 332 g/mol. The summed E-state index contributed by atoms with van der Waals surface area (Å²) in [5.74, 6) is 0.777. The van der Waals surface area contributed by atoms with Crippen molar-refractivity contribution in [3.8, 4) is 0 Å². The first kappa shape index (κ1) is 25.3. The predicted octanol–water partition coefficient (Wildman–Crippen LogP) is 3.40. The van der Waals surface area contributed by atoms with Crippen molar-refractivity contribution in [2.75, 3.05) is 45.2 Å². The first-order valence-corrected chi connectivity index (χ1v) is 10.0. The Morgan fingerprint density at radius 3 is 1.75 bits per heavy atom. The zero-order valence-electron chi connectivity index (χ0n) is 13.6. The Kier molecular flexibility index (Phi) is 22.1. The molecule has 0 bridgehead atoms. The van der Waals surface area contributed by atoms with Gasteiger partial charge in [0.1, 0.15) is 0 Å². The van der Waals surface area contributed by atoms with E-state index in [1.165, 1.54) is 11.4 Å². The fourth-order valence-corrected chi connectivity index (χ4v) is 4.66. The summed E-state index contributed by atoms with van der Waals surface area (Å²) in [5.41, 5.74) is 0. The van der Waals surface area contributed by atoms with Gasteiger partial charge in [-0.05, 0) is 45.2 Å². The van der Waals surface area contributed by atoms with E-state index in [0.29, 0.717) is 13.2 Å². The van der Waals surface area contributed by atoms with Gasteiger partial charge in [-0.3, -0.25) is 0 Å². The fraction of sp³-hybridized carbons (Fsp3) is 1.00. The summed E-state index contributed by atoms with van der Waals surface area (Å²) in [6.07, 6.45) is 0. The van der Waals surface area contributed by atoms with Crippen LogP contribution in [0.4, 0.5) is 0 Å². The highest BCUT2D eigenvalue weighted by Crippen LogP contribution is 2.60. The third kappa shape index (κ3) is 14.8. The van der Waals surface area contributed by atoms with Crippen LogP contribution in [0.15, 0.2) is 0 Å². The smallest absolute Gasteiger partial charge is 0.389 e. The van der Waals surface area contributed by atoms with Crippen LogP contribution < -0.4 is 6.15 Å². The lowest BCUT2D eigenvalue weighted by molar-refractivity contribution is 0.236. The Morgan fingerprint density at radius 1 is 1.05 bits per heavy atom. The molecule has 20 heavy (non-hydrogen) atoms. The molecule has 0 atom stereocenters. The number of nitrogens with zero attached hydrogens (tertiary/aromatic N) is 1. The summed E-state index contributed by atoms with van der Waals surface area (Å²) in [6.45, 7) is 10.7. The van der Waals surface area contributed by atoms with Crippen molar-refractivity contribution < 1.29 is 18.7 Å². The highest BCUT2D eigenvalue weighted by atomic mass is 32.7. The molecule has 0 heterocycles. The van der Waals surface area contributed by atoms with E-state index in [1.807, 2.05) is 13.8 Å². The molecule has 0 saturated heterocycles. The van der Waals surface area contributed by atoms with Gasteiger partial charge < -0.3 is 25.2 Å². The molecule has 0 fully saturated rings. The van der Waals surface area contributed by atoms with E-state index < -0.39 is 6.80 Å². The Labute approximate surface area is 128 Å². The van der Waals surface area contributed by atoms with Crippen molar-refractivity contribution >= 4 is 18.2 Å². The first-order valence-electron chi connectivity index (χ1n) is 6.90. The molecule has 0 aromatic heterocycles. The Balaban J connectivity index is -0.000000657. The highest BCUT2D eigenvalue weighted by Gasteiger charge is 2.24. The van der Waals surface area contributed by atoms with Gasteiger partial charge in [0, 0.05) is 18.9 Å². The minimum atomic E-state index is -2.91. The van der Waals surface area contributed by atoms with Gasteiger partial charge in [0.2, 0.25) is 0 Å². The molecule has 0 rings (SSSR count). The maximum atomic E-state index is 12.1. The Bertz CT molecular complexity index is 222. The molecule has 0 aliphatic heterocycles. The van der Waals surface area contributed by atoms with Crippen LogP contribution in [0.3, 0.4) is 0 Å². The number of aliphatic hydroxyl groups is 1. The average molecular weight is 332 g/mol. The van der Waals surface area contributed by atoms with Gasteiger partial charge >= 0.3 is 6.80 Å². The first-order chi connectivity index (χ1) is 9.03. The van der Waals surface area contributed by atoms with Crippen molar-refractivity contribution in [2.45, 2.75) is 34.6 Å². The maximum Gasteiger partial charge on any atom is 0.389 e. The van der Waals surface area contributed by atoms with Gasteiger partial charge in [-0.25, -0.2) is 4.57 Å². The van der Waals surface area contributed by atoms with E-state index in [9.17, 15) is 4.57 Å². The van der Waals surface area contributed by atoms with E-state index in [0.717, 1.165) is 25.4 Å². The van der Waals surface area contributed by atoms with E-state index in [-0.39, 0.29) is 12.8 Å². The van der Waals surface area contributed by atoms with Gasteiger partial charge in [-0.1, -0.05) is 13.8 Å². The third-order valence-electron chi connectivity index (χ3n) is 2.13. The largest absolute Gasteiger partial charge is 0.397 e. The van der Waals surface area contributed by atoms with Crippen molar-refractivity contribution in [1.29, 1.82) is 0 Å². The van der Waals surface area contributed by atoms with Crippen molar-refractivity contribution in [3.63, 3.8) is 0 Å². The molecule has 6 nitrogen and oxygen atoms in total. The van der Waals surface area contributed by atoms with Crippen LogP contribution in [0.2, 0.25) is 0 Å². The highest BCUT2D eigenvalue weighted by molar-refractivity contribution is 8.55. The van der Waals surface area contributed by atoms with E-state index in [4.69, 9.17) is 14.2 Å². The molecule has 0 spiro atoms. The summed E-state index contributed by atoms with van der Waals surface area (Å²) >= 11 is 1.30. The molecule has 0 aliphatic carbocycles. The summed E-state index contributed by atoms with van der Waals surface area (Å²) in [4.78, 5) is 2.29. The Morgan fingerprint density at radius 2 is 1.45 bits per heavy atom. The van der Waals surface area contributed by atoms with Crippen LogP contribution in [0.1, 0.15) is 34.6 Å². The molecular formula is C12H33N2O4PS. The van der Waals surface area contributed by atoms with Crippen LogP contribution in [0, 0.1) is 0 Å². The maximum absolute atomic E-state index is 12.1. The normalized spacial score (nSPS) is 10.8. The van der Waals surface area contributed by atoms with Gasteiger partial charge in [-0.15, -0.1) is 0 Å². The van der Waals surface area contributed by atoms with Crippen LogP contribution >= 0.6 is 18.2 Å². The number of aliphatic hydroxyl groups excluding tert-OH is 1. The molecule has 4 N–H and O–H groups in total. The summed E-state index contributed by atoms with van der Waals surface area (Å²) < 4.78 is 22.5. The molecule has 0 aliphatic rings. The van der Waals surface area contributed by atoms with Crippen molar-refractivity contribution in [3.05, 3.63) is 0 Å². The third-order valence-corrected chi connectivity index (χ3v) is 6.08. The van der Waals surface area contributed by atoms with Crippen LogP contribution in [-0.2, 0) is 13.6 Å². The van der Waals surface area contributed by atoms with Crippen molar-refractivity contribution in [2.24, 2.45) is 0 Å².